The zero-order chi connectivity index (χ0) is 49.1. The van der Waals surface area contributed by atoms with Crippen molar-refractivity contribution in [3.8, 4) is 0 Å². The molecule has 4 unspecified atom stereocenters. The van der Waals surface area contributed by atoms with Gasteiger partial charge in [0.15, 0.2) is 5.96 Å². The Hall–Kier alpha value is -7.24. The number of amides is 7. The highest BCUT2D eigenvalue weighted by Gasteiger charge is 2.35. The van der Waals surface area contributed by atoms with Crippen LogP contribution in [0.2, 0.25) is 0 Å². The van der Waals surface area contributed by atoms with Gasteiger partial charge in [0.1, 0.15) is 36.3 Å². The number of nitrogens with one attached hydrogen (secondary N) is 8. The van der Waals surface area contributed by atoms with Crippen LogP contribution in [-0.2, 0) is 52.8 Å². The van der Waals surface area contributed by atoms with E-state index in [1.54, 1.807) is 6.20 Å². The van der Waals surface area contributed by atoms with Crippen LogP contribution in [0.4, 0.5) is 0 Å². The van der Waals surface area contributed by atoms with Crippen molar-refractivity contribution in [2.75, 3.05) is 13.1 Å². The van der Waals surface area contributed by atoms with Crippen molar-refractivity contribution in [1.29, 1.82) is 0 Å². The number of carbonyl (C=O) groups excluding carboxylic acids is 7. The number of benzene rings is 3. The second-order valence-corrected chi connectivity index (χ2v) is 18.1. The molecule has 69 heavy (non-hydrogen) atoms. The number of guanidine groups is 1. The number of H-pyrrole nitrogens is 1. The molecule has 18 nitrogen and oxygen atoms in total. The second kappa shape index (κ2) is 25.8. The number of aromatic amines is 1. The molecule has 0 spiro atoms. The van der Waals surface area contributed by atoms with Crippen LogP contribution in [0.3, 0.4) is 0 Å². The van der Waals surface area contributed by atoms with Gasteiger partial charge < -0.3 is 53.7 Å². The van der Waals surface area contributed by atoms with Crippen molar-refractivity contribution in [2.24, 2.45) is 22.4 Å². The molecule has 368 valence electrons. The molecule has 2 heterocycles. The lowest BCUT2D eigenvalue weighted by Crippen LogP contribution is -2.61. The van der Waals surface area contributed by atoms with Crippen LogP contribution in [0.15, 0.2) is 96.1 Å². The fraction of sp³-hybridized carbons (Fsp3) is 0.451. The molecule has 1 aliphatic heterocycles. The van der Waals surface area contributed by atoms with E-state index in [0.29, 0.717) is 6.42 Å². The zero-order valence-electron chi connectivity index (χ0n) is 39.3. The first-order valence-electron chi connectivity index (χ1n) is 24.1. The number of carbonyl (C=O) groups is 7. The third-order valence-electron chi connectivity index (χ3n) is 12.7. The molecule has 2 fully saturated rings. The fourth-order valence-corrected chi connectivity index (χ4v) is 9.12. The van der Waals surface area contributed by atoms with Gasteiger partial charge in [-0.3, -0.25) is 38.6 Å². The lowest BCUT2D eigenvalue weighted by molar-refractivity contribution is -0.136. The van der Waals surface area contributed by atoms with E-state index >= 15 is 0 Å². The monoisotopic (exact) mass is 946 g/mol. The van der Waals surface area contributed by atoms with E-state index in [2.05, 4.69) is 47.2 Å². The summed E-state index contributed by atoms with van der Waals surface area (Å²) in [5, 5.41) is 21.0. The number of nitrogens with two attached hydrogens (primary N) is 2. The lowest BCUT2D eigenvalue weighted by atomic mass is 9.84. The highest BCUT2D eigenvalue weighted by atomic mass is 16.2. The molecule has 1 saturated carbocycles. The third-order valence-corrected chi connectivity index (χ3v) is 12.7. The highest BCUT2D eigenvalue weighted by molar-refractivity contribution is 5.97. The average Bonchev–Trinajstić information content (AvgIpc) is 3.75. The molecule has 4 aromatic rings. The Morgan fingerprint density at radius 1 is 0.681 bits per heavy atom. The van der Waals surface area contributed by atoms with Gasteiger partial charge >= 0.3 is 0 Å². The normalized spacial score (nSPS) is 21.8. The molecule has 2 aliphatic rings. The minimum atomic E-state index is -1.23. The van der Waals surface area contributed by atoms with Crippen LogP contribution in [0, 0.1) is 5.92 Å². The van der Waals surface area contributed by atoms with Gasteiger partial charge in [-0.1, -0.05) is 111 Å². The van der Waals surface area contributed by atoms with Crippen LogP contribution >= 0.6 is 0 Å². The summed E-state index contributed by atoms with van der Waals surface area (Å²) in [7, 11) is 0. The maximum Gasteiger partial charge on any atom is 0.243 e. The Morgan fingerprint density at radius 3 is 1.99 bits per heavy atom. The van der Waals surface area contributed by atoms with Gasteiger partial charge in [-0.2, -0.15) is 0 Å². The number of rotatable bonds is 15. The van der Waals surface area contributed by atoms with Gasteiger partial charge in [-0.05, 0) is 60.8 Å². The van der Waals surface area contributed by atoms with E-state index in [1.807, 2.05) is 84.9 Å². The Morgan fingerprint density at radius 2 is 1.29 bits per heavy atom. The van der Waals surface area contributed by atoms with Gasteiger partial charge in [0.2, 0.25) is 41.4 Å². The summed E-state index contributed by atoms with van der Waals surface area (Å²) in [5.74, 6) is -4.12. The first kappa shape index (κ1) is 51.2. The Kier molecular flexibility index (Phi) is 19.1. The Balaban J connectivity index is 1.35. The molecule has 0 bridgehead atoms. The Bertz CT molecular complexity index is 2400. The predicted octanol–water partition coefficient (Wildman–Crippen LogP) is 2.06. The summed E-state index contributed by atoms with van der Waals surface area (Å²) < 4.78 is 0. The first-order valence-corrected chi connectivity index (χ1v) is 24.1. The van der Waals surface area contributed by atoms with Gasteiger partial charge in [0.25, 0.3) is 0 Å². The van der Waals surface area contributed by atoms with Crippen LogP contribution in [0.1, 0.15) is 87.8 Å². The molecular weight excluding hydrogens is 879 g/mol. The summed E-state index contributed by atoms with van der Waals surface area (Å²) >= 11 is 0. The largest absolute Gasteiger partial charge is 0.370 e. The van der Waals surface area contributed by atoms with Crippen molar-refractivity contribution in [3.63, 3.8) is 0 Å². The minimum Gasteiger partial charge on any atom is -0.370 e. The molecule has 1 aromatic heterocycles. The maximum atomic E-state index is 14.8. The van der Waals surface area contributed by atoms with E-state index in [9.17, 15) is 33.6 Å². The van der Waals surface area contributed by atoms with Crippen LogP contribution in [0.5, 0.6) is 0 Å². The molecule has 1 saturated heterocycles. The number of para-hydroxylation sites is 1. The zero-order valence-corrected chi connectivity index (χ0v) is 39.3. The molecule has 0 radical (unpaired) electrons. The summed E-state index contributed by atoms with van der Waals surface area (Å²) in [5.41, 5.74) is 14.2. The molecule has 3 aromatic carbocycles. The summed E-state index contributed by atoms with van der Waals surface area (Å²) in [6.45, 7) is 1.52. The smallest absolute Gasteiger partial charge is 0.243 e. The van der Waals surface area contributed by atoms with Crippen LogP contribution in [-0.4, -0.2) is 102 Å². The topological polar surface area (TPSA) is 284 Å². The predicted molar refractivity (Wildman–Crippen MR) is 263 cm³/mol. The van der Waals surface area contributed by atoms with Crippen molar-refractivity contribution in [2.45, 2.75) is 127 Å². The summed E-state index contributed by atoms with van der Waals surface area (Å²) in [4.78, 5) is 106. The van der Waals surface area contributed by atoms with Gasteiger partial charge in [0, 0.05) is 56.4 Å². The van der Waals surface area contributed by atoms with Crippen LogP contribution in [0.25, 0.3) is 10.9 Å². The molecule has 6 atom stereocenters. The molecule has 18 heteroatoms. The maximum absolute atomic E-state index is 14.8. The van der Waals surface area contributed by atoms with Gasteiger partial charge in [-0.15, -0.1) is 0 Å². The van der Waals surface area contributed by atoms with E-state index in [4.69, 9.17) is 11.5 Å². The quantitative estimate of drug-likeness (QED) is 0.0474. The number of hydrogen-bond donors (Lipinski definition) is 10. The molecule has 12 N–H and O–H groups in total. The van der Waals surface area contributed by atoms with E-state index in [1.165, 1.54) is 6.92 Å². The fourth-order valence-electron chi connectivity index (χ4n) is 9.12. The SMILES string of the molecule is CC(=O)N[C@@H](Cc1ccccc1)C(=O)NC1CCCNC(=O)C(CCCN=C(N)N)NC(=O)C(Cc2c[nH]c3ccccc23)NC(=O)[C@@H](CC2CCCCC2)NC(=O)C(Cc2ccccc2)NC1=O. The second-order valence-electron chi connectivity index (χ2n) is 18.1. The summed E-state index contributed by atoms with van der Waals surface area (Å²) in [6.07, 6.45) is 7.67. The number of aliphatic imine (C=N–C) groups is 1. The van der Waals surface area contributed by atoms with E-state index in [-0.39, 0.29) is 69.9 Å². The van der Waals surface area contributed by atoms with Crippen molar-refractivity contribution in [3.05, 3.63) is 108 Å². The van der Waals surface area contributed by atoms with E-state index < -0.39 is 77.6 Å². The number of aromatic nitrogens is 1. The van der Waals surface area contributed by atoms with Crippen molar-refractivity contribution < 1.29 is 33.6 Å². The standard InChI is InChI=1S/C51H67N11O7/c1-32(63)57-41(27-33-15-5-2-6-16-33)47(66)59-40-24-13-25-54-45(64)39(23-14-26-55-51(52)53)58-50(69)44(30-36-31-56-38-22-12-11-21-37(36)38)62-49(68)43(29-35-19-9-4-10-20-35)61-48(67)42(60-46(40)65)28-34-17-7-3-8-18-34/h2-3,5-8,11-12,15-18,21-22,31,35,39-44,56H,4,9-10,13-14,19-20,23-30H2,1H3,(H,54,64)(H,57,63)(H,58,69)(H,59,66)(H,60,65)(H,61,67)(H,62,68)(H4,52,53,55)/t39?,40?,41-,42?,43+,44?/m0/s1. The first-order chi connectivity index (χ1) is 33.3. The Labute approximate surface area is 402 Å². The minimum absolute atomic E-state index is 0.0105. The molecule has 7 amide bonds. The average molecular weight is 946 g/mol. The number of hydrogen-bond acceptors (Lipinski definition) is 8. The molecular formula is C51H67N11O7. The van der Waals surface area contributed by atoms with Crippen molar-refractivity contribution in [1.82, 2.24) is 42.2 Å². The highest BCUT2D eigenvalue weighted by Crippen LogP contribution is 2.28. The molecule has 1 aliphatic carbocycles. The number of fused-ring (bicyclic) bond motifs is 1. The number of nitrogens with zero attached hydrogens (tertiary/aromatic N) is 1. The van der Waals surface area contributed by atoms with Gasteiger partial charge in [-0.25, -0.2) is 0 Å². The molecule has 6 rings (SSSR count). The lowest BCUT2D eigenvalue weighted by Gasteiger charge is -2.30. The van der Waals surface area contributed by atoms with Gasteiger partial charge in [0.05, 0.1) is 0 Å². The summed E-state index contributed by atoms with van der Waals surface area (Å²) in [6, 6.07) is 18.9. The van der Waals surface area contributed by atoms with Crippen molar-refractivity contribution >= 4 is 58.2 Å². The third kappa shape index (κ3) is 15.9. The van der Waals surface area contributed by atoms with E-state index in [0.717, 1.165) is 59.7 Å². The van der Waals surface area contributed by atoms with Crippen LogP contribution < -0.4 is 48.7 Å².